The predicted octanol–water partition coefficient (Wildman–Crippen LogP) is 3.06. The molecule has 1 aromatic heterocycles. The molecule has 33 heavy (non-hydrogen) atoms. The number of likely N-dealkylation sites (tertiary alicyclic amines) is 1. The van der Waals surface area contributed by atoms with Gasteiger partial charge in [0.05, 0.1) is 6.04 Å². The van der Waals surface area contributed by atoms with Crippen molar-refractivity contribution < 1.29 is 9.53 Å². The topological polar surface area (TPSA) is 91.4 Å². The minimum atomic E-state index is 0.0637. The van der Waals surface area contributed by atoms with Gasteiger partial charge in [-0.15, -0.1) is 0 Å². The Morgan fingerprint density at radius 3 is 2.58 bits per heavy atom. The summed E-state index contributed by atoms with van der Waals surface area (Å²) in [4.78, 5) is 22.4. The lowest BCUT2D eigenvalue weighted by molar-refractivity contribution is -0.119. The van der Waals surface area contributed by atoms with Crippen LogP contribution in [0.15, 0.2) is 48.8 Å². The van der Waals surface area contributed by atoms with E-state index in [0.717, 1.165) is 62.1 Å². The largest absolute Gasteiger partial charge is 0.424 e. The van der Waals surface area contributed by atoms with Gasteiger partial charge in [-0.05, 0) is 53.8 Å². The first-order valence-electron chi connectivity index (χ1n) is 11.6. The van der Waals surface area contributed by atoms with Crippen LogP contribution in [0.4, 0.5) is 0 Å². The molecule has 2 fully saturated rings. The molecule has 1 amide bonds. The molecule has 2 aromatic carbocycles. The van der Waals surface area contributed by atoms with Crippen LogP contribution in [0.25, 0.3) is 10.8 Å². The van der Waals surface area contributed by atoms with Crippen molar-refractivity contribution in [2.75, 3.05) is 19.6 Å². The van der Waals surface area contributed by atoms with Gasteiger partial charge in [0.25, 0.3) is 0 Å². The molecule has 0 aliphatic carbocycles. The number of hydrazine groups is 1. The Morgan fingerprint density at radius 2 is 1.85 bits per heavy atom. The summed E-state index contributed by atoms with van der Waals surface area (Å²) in [7, 11) is 0. The first-order chi connectivity index (χ1) is 16.1. The third-order valence-corrected chi connectivity index (χ3v) is 6.37. The fraction of sp³-hybridized carbons (Fsp3) is 0.400. The Kier molecular flexibility index (Phi) is 6.48. The van der Waals surface area contributed by atoms with E-state index in [9.17, 15) is 4.79 Å². The quantitative estimate of drug-likeness (QED) is 0.536. The number of carbonyl (C=O) groups excluding carboxylic acids is 1. The molecule has 8 nitrogen and oxygen atoms in total. The zero-order valence-corrected chi connectivity index (χ0v) is 18.9. The average Bonchev–Trinajstić information content (AvgIpc) is 3.36. The smallest absolute Gasteiger partial charge is 0.321 e. The Balaban J connectivity index is 1.20. The van der Waals surface area contributed by atoms with E-state index in [0.29, 0.717) is 12.1 Å². The van der Waals surface area contributed by atoms with Gasteiger partial charge in [0.1, 0.15) is 5.75 Å². The summed E-state index contributed by atoms with van der Waals surface area (Å²) in [6.45, 7) is 5.46. The highest BCUT2D eigenvalue weighted by atomic mass is 16.5. The lowest BCUT2D eigenvalue weighted by Crippen LogP contribution is -2.43. The van der Waals surface area contributed by atoms with Crippen molar-refractivity contribution in [3.8, 4) is 11.8 Å². The zero-order chi connectivity index (χ0) is 22.6. The van der Waals surface area contributed by atoms with Crippen molar-refractivity contribution in [1.29, 1.82) is 0 Å². The molecule has 0 bridgehead atoms. The molecular formula is C25H30N6O2. The zero-order valence-electron chi connectivity index (χ0n) is 18.9. The summed E-state index contributed by atoms with van der Waals surface area (Å²) in [5, 5.41) is 5.34. The van der Waals surface area contributed by atoms with Crippen LogP contribution in [-0.2, 0) is 11.3 Å². The summed E-state index contributed by atoms with van der Waals surface area (Å²) in [6, 6.07) is 13.5. The Morgan fingerprint density at radius 1 is 1.09 bits per heavy atom. The number of hydrogen-bond acceptors (Lipinski definition) is 7. The summed E-state index contributed by atoms with van der Waals surface area (Å²) in [5.74, 6) is 0.789. The van der Waals surface area contributed by atoms with Crippen molar-refractivity contribution >= 4 is 16.7 Å². The number of amides is 1. The SMILES string of the molecule is CC(=O)NC1CCN(Cc2ccc3cc(Oc4ncc(C5CCNN5)cn4)ccc3c2)CC1. The van der Waals surface area contributed by atoms with Gasteiger partial charge in [-0.1, -0.05) is 18.2 Å². The molecular weight excluding hydrogens is 416 g/mol. The average molecular weight is 447 g/mol. The highest BCUT2D eigenvalue weighted by molar-refractivity contribution is 5.84. The van der Waals surface area contributed by atoms with E-state index in [4.69, 9.17) is 4.74 Å². The fourth-order valence-corrected chi connectivity index (χ4v) is 4.61. The molecule has 0 spiro atoms. The van der Waals surface area contributed by atoms with E-state index in [-0.39, 0.29) is 11.9 Å². The minimum Gasteiger partial charge on any atom is -0.424 e. The first-order valence-corrected chi connectivity index (χ1v) is 11.6. The van der Waals surface area contributed by atoms with Gasteiger partial charge in [-0.2, -0.15) is 0 Å². The molecule has 2 aliphatic rings. The molecule has 3 aromatic rings. The third-order valence-electron chi connectivity index (χ3n) is 6.37. The van der Waals surface area contributed by atoms with E-state index in [1.165, 1.54) is 10.9 Å². The number of hydrogen-bond donors (Lipinski definition) is 3. The van der Waals surface area contributed by atoms with E-state index in [1.54, 1.807) is 6.92 Å². The molecule has 1 unspecified atom stereocenters. The van der Waals surface area contributed by atoms with Crippen molar-refractivity contribution in [3.05, 3.63) is 59.9 Å². The van der Waals surface area contributed by atoms with Gasteiger partial charge in [-0.3, -0.25) is 20.5 Å². The van der Waals surface area contributed by atoms with E-state index >= 15 is 0 Å². The van der Waals surface area contributed by atoms with Gasteiger partial charge in [-0.25, -0.2) is 9.97 Å². The highest BCUT2D eigenvalue weighted by Gasteiger charge is 2.20. The summed E-state index contributed by atoms with van der Waals surface area (Å²) < 4.78 is 5.90. The number of ether oxygens (including phenoxy) is 1. The molecule has 172 valence electrons. The van der Waals surface area contributed by atoms with Crippen molar-refractivity contribution in [2.24, 2.45) is 0 Å². The van der Waals surface area contributed by atoms with Gasteiger partial charge in [0.2, 0.25) is 5.91 Å². The van der Waals surface area contributed by atoms with Gasteiger partial charge in [0.15, 0.2) is 0 Å². The van der Waals surface area contributed by atoms with E-state index in [2.05, 4.69) is 55.3 Å². The summed E-state index contributed by atoms with van der Waals surface area (Å²) in [6.07, 6.45) is 6.67. The second-order valence-corrected chi connectivity index (χ2v) is 8.91. The maximum atomic E-state index is 11.3. The first kappa shape index (κ1) is 21.8. The molecule has 0 radical (unpaired) electrons. The van der Waals surface area contributed by atoms with Crippen LogP contribution in [0.3, 0.4) is 0 Å². The van der Waals surface area contributed by atoms with Gasteiger partial charge >= 0.3 is 6.01 Å². The van der Waals surface area contributed by atoms with E-state index < -0.39 is 0 Å². The molecule has 3 heterocycles. The normalized spacial score (nSPS) is 19.6. The van der Waals surface area contributed by atoms with Crippen LogP contribution in [0, 0.1) is 0 Å². The number of nitrogens with zero attached hydrogens (tertiary/aromatic N) is 3. The number of benzene rings is 2. The second-order valence-electron chi connectivity index (χ2n) is 8.91. The lowest BCUT2D eigenvalue weighted by atomic mass is 10.0. The standard InChI is InChI=1S/C25H30N6O2/c1-17(32)29-22-7-10-31(11-8-22)16-18-2-3-20-13-23(5-4-19(20)12-18)33-25-26-14-21(15-27-25)24-6-9-28-30-24/h2-5,12-15,22,24,28,30H,6-11,16H2,1H3,(H,29,32). The number of piperidine rings is 1. The Hall–Kier alpha value is -3.07. The molecule has 2 saturated heterocycles. The van der Waals surface area contributed by atoms with Gasteiger partial charge in [0, 0.05) is 57.1 Å². The Labute approximate surface area is 193 Å². The Bertz CT molecular complexity index is 1110. The molecule has 2 aliphatic heterocycles. The second kappa shape index (κ2) is 9.82. The monoisotopic (exact) mass is 446 g/mol. The van der Waals surface area contributed by atoms with Crippen molar-refractivity contribution in [2.45, 2.75) is 44.8 Å². The van der Waals surface area contributed by atoms with Crippen LogP contribution >= 0.6 is 0 Å². The van der Waals surface area contributed by atoms with Crippen LogP contribution in [-0.4, -0.2) is 46.5 Å². The number of fused-ring (bicyclic) bond motifs is 1. The maximum absolute atomic E-state index is 11.3. The fourth-order valence-electron chi connectivity index (χ4n) is 4.61. The third kappa shape index (κ3) is 5.47. The molecule has 1 atom stereocenters. The van der Waals surface area contributed by atoms with Crippen LogP contribution < -0.4 is 20.9 Å². The van der Waals surface area contributed by atoms with Crippen LogP contribution in [0.2, 0.25) is 0 Å². The van der Waals surface area contributed by atoms with Gasteiger partial charge < -0.3 is 10.1 Å². The lowest BCUT2D eigenvalue weighted by Gasteiger charge is -2.32. The number of nitrogens with one attached hydrogen (secondary N) is 3. The van der Waals surface area contributed by atoms with Crippen molar-refractivity contribution in [1.82, 2.24) is 31.0 Å². The van der Waals surface area contributed by atoms with E-state index in [1.807, 2.05) is 24.5 Å². The van der Waals surface area contributed by atoms with Crippen LogP contribution in [0.1, 0.15) is 43.4 Å². The molecule has 8 heteroatoms. The summed E-state index contributed by atoms with van der Waals surface area (Å²) >= 11 is 0. The minimum absolute atomic E-state index is 0.0637. The number of rotatable bonds is 6. The molecule has 5 rings (SSSR count). The van der Waals surface area contributed by atoms with Crippen molar-refractivity contribution in [3.63, 3.8) is 0 Å². The molecule has 0 saturated carbocycles. The molecule has 3 N–H and O–H groups in total. The van der Waals surface area contributed by atoms with Crippen LogP contribution in [0.5, 0.6) is 11.8 Å². The predicted molar refractivity (Wildman–Crippen MR) is 127 cm³/mol. The highest BCUT2D eigenvalue weighted by Crippen LogP contribution is 2.26. The number of carbonyl (C=O) groups is 1. The number of aromatic nitrogens is 2. The maximum Gasteiger partial charge on any atom is 0.321 e. The summed E-state index contributed by atoms with van der Waals surface area (Å²) in [5.41, 5.74) is 8.68.